The van der Waals surface area contributed by atoms with Gasteiger partial charge in [-0.1, -0.05) is 0 Å². The lowest BCUT2D eigenvalue weighted by Gasteiger charge is -2.29. The van der Waals surface area contributed by atoms with Crippen molar-refractivity contribution in [3.8, 4) is 11.5 Å². The van der Waals surface area contributed by atoms with Crippen molar-refractivity contribution in [2.45, 2.75) is 6.54 Å². The van der Waals surface area contributed by atoms with Crippen molar-refractivity contribution in [3.05, 3.63) is 23.8 Å². The number of benzene rings is 1. The van der Waals surface area contributed by atoms with Gasteiger partial charge in [-0.3, -0.25) is 0 Å². The topological polar surface area (TPSA) is 47.6 Å². The summed E-state index contributed by atoms with van der Waals surface area (Å²) in [6.45, 7) is 6.70. The Labute approximate surface area is 120 Å². The van der Waals surface area contributed by atoms with Gasteiger partial charge in [-0.2, -0.15) is 0 Å². The quantitative estimate of drug-likeness (QED) is 0.564. The Balaban J connectivity index is 1.94. The highest BCUT2D eigenvalue weighted by atomic mass is 16.5. The first-order chi connectivity index (χ1) is 9.76. The number of methoxy groups -OCH3 is 2. The Morgan fingerprint density at radius 2 is 1.75 bits per heavy atom. The molecule has 1 saturated heterocycles. The molecule has 112 valence electrons. The molecule has 0 radical (unpaired) electrons. The standard InChI is InChI=1S/C15H24N2O3/c1-19-14-4-3-13(15(11-14)20-2)12-17-7-5-16(6-8-17)9-10-18/h3-4,11,18H,5-10,12H2,1-2H3/p+2. The summed E-state index contributed by atoms with van der Waals surface area (Å²) in [7, 11) is 3.37. The number of hydrogen-bond acceptors (Lipinski definition) is 3. The van der Waals surface area contributed by atoms with Gasteiger partial charge in [-0.25, -0.2) is 0 Å². The van der Waals surface area contributed by atoms with Gasteiger partial charge in [-0.05, 0) is 12.1 Å². The zero-order valence-corrected chi connectivity index (χ0v) is 12.4. The molecular weight excluding hydrogens is 256 g/mol. The average molecular weight is 282 g/mol. The summed E-state index contributed by atoms with van der Waals surface area (Å²) in [4.78, 5) is 3.09. The van der Waals surface area contributed by atoms with Crippen molar-refractivity contribution in [2.24, 2.45) is 0 Å². The van der Waals surface area contributed by atoms with Gasteiger partial charge in [0.2, 0.25) is 0 Å². The van der Waals surface area contributed by atoms with Crippen LogP contribution in [0.15, 0.2) is 18.2 Å². The molecule has 0 aromatic heterocycles. The average Bonchev–Trinajstić information content (AvgIpc) is 2.50. The minimum absolute atomic E-state index is 0.289. The van der Waals surface area contributed by atoms with Crippen molar-refractivity contribution in [1.29, 1.82) is 0 Å². The molecule has 1 fully saturated rings. The molecule has 1 heterocycles. The van der Waals surface area contributed by atoms with Crippen LogP contribution in [0.4, 0.5) is 0 Å². The fourth-order valence-corrected chi connectivity index (χ4v) is 2.81. The number of piperazine rings is 1. The van der Waals surface area contributed by atoms with Gasteiger partial charge < -0.3 is 24.4 Å². The first-order valence-corrected chi connectivity index (χ1v) is 7.25. The highest BCUT2D eigenvalue weighted by molar-refractivity contribution is 5.40. The summed E-state index contributed by atoms with van der Waals surface area (Å²) in [6, 6.07) is 6.03. The molecule has 5 heteroatoms. The van der Waals surface area contributed by atoms with Crippen LogP contribution in [0, 0.1) is 0 Å². The molecular formula is C15H26N2O3+2. The van der Waals surface area contributed by atoms with Crippen LogP contribution < -0.4 is 19.3 Å². The molecule has 0 bridgehead atoms. The second-order valence-corrected chi connectivity index (χ2v) is 5.33. The van der Waals surface area contributed by atoms with Crippen LogP contribution in [-0.4, -0.2) is 58.7 Å². The Morgan fingerprint density at radius 1 is 1.05 bits per heavy atom. The Hall–Kier alpha value is -1.30. The second kappa shape index (κ2) is 7.47. The second-order valence-electron chi connectivity index (χ2n) is 5.33. The fourth-order valence-electron chi connectivity index (χ4n) is 2.81. The number of hydrogen-bond donors (Lipinski definition) is 3. The SMILES string of the molecule is COc1ccc(C[NH+]2CC[NH+](CCO)CC2)c(OC)c1. The molecule has 0 saturated carbocycles. The molecule has 1 aromatic carbocycles. The Bertz CT molecular complexity index is 418. The van der Waals surface area contributed by atoms with Crippen molar-refractivity contribution < 1.29 is 24.4 Å². The smallest absolute Gasteiger partial charge is 0.131 e. The summed E-state index contributed by atoms with van der Waals surface area (Å²) in [5.74, 6) is 1.74. The van der Waals surface area contributed by atoms with E-state index in [1.807, 2.05) is 12.1 Å². The van der Waals surface area contributed by atoms with Crippen molar-refractivity contribution in [3.63, 3.8) is 0 Å². The number of rotatable bonds is 6. The van der Waals surface area contributed by atoms with E-state index in [9.17, 15) is 0 Å². The van der Waals surface area contributed by atoms with Gasteiger partial charge in [0.1, 0.15) is 50.8 Å². The number of ether oxygens (including phenoxy) is 2. The lowest BCUT2D eigenvalue weighted by molar-refractivity contribution is -1.02. The van der Waals surface area contributed by atoms with Crippen LogP contribution in [0.3, 0.4) is 0 Å². The highest BCUT2D eigenvalue weighted by Gasteiger charge is 2.23. The number of aliphatic hydroxyl groups is 1. The van der Waals surface area contributed by atoms with Crippen LogP contribution >= 0.6 is 0 Å². The molecule has 0 unspecified atom stereocenters. The summed E-state index contributed by atoms with van der Waals surface area (Å²) in [6.07, 6.45) is 0. The minimum atomic E-state index is 0.289. The van der Waals surface area contributed by atoms with Crippen LogP contribution in [-0.2, 0) is 6.54 Å². The van der Waals surface area contributed by atoms with Crippen LogP contribution in [0.5, 0.6) is 11.5 Å². The van der Waals surface area contributed by atoms with Crippen molar-refractivity contribution >= 4 is 0 Å². The molecule has 2 rings (SSSR count). The third-order valence-electron chi connectivity index (χ3n) is 4.06. The summed E-state index contributed by atoms with van der Waals surface area (Å²) < 4.78 is 10.7. The molecule has 1 aromatic rings. The molecule has 3 N–H and O–H groups in total. The van der Waals surface area contributed by atoms with Crippen molar-refractivity contribution in [1.82, 2.24) is 0 Å². The maximum absolute atomic E-state index is 8.98. The van der Waals surface area contributed by atoms with Gasteiger partial charge in [-0.15, -0.1) is 0 Å². The van der Waals surface area contributed by atoms with E-state index in [1.54, 1.807) is 19.1 Å². The predicted octanol–water partition coefficient (Wildman–Crippen LogP) is -2.02. The fraction of sp³-hybridized carbons (Fsp3) is 0.600. The van der Waals surface area contributed by atoms with Gasteiger partial charge in [0, 0.05) is 11.6 Å². The van der Waals surface area contributed by atoms with E-state index in [0.717, 1.165) is 50.8 Å². The van der Waals surface area contributed by atoms with E-state index >= 15 is 0 Å². The van der Waals surface area contributed by atoms with Crippen LogP contribution in [0.25, 0.3) is 0 Å². The molecule has 0 amide bonds. The lowest BCUT2D eigenvalue weighted by Crippen LogP contribution is -3.27. The van der Waals surface area contributed by atoms with Crippen LogP contribution in [0.1, 0.15) is 5.56 Å². The molecule has 20 heavy (non-hydrogen) atoms. The van der Waals surface area contributed by atoms with Crippen molar-refractivity contribution in [2.75, 3.05) is 53.6 Å². The normalized spacial score (nSPS) is 22.6. The van der Waals surface area contributed by atoms with E-state index in [2.05, 4.69) is 6.07 Å². The summed E-state index contributed by atoms with van der Waals surface area (Å²) >= 11 is 0. The minimum Gasteiger partial charge on any atom is -0.497 e. The molecule has 1 aliphatic heterocycles. The molecule has 5 nitrogen and oxygen atoms in total. The Kier molecular flexibility index (Phi) is 5.64. The molecule has 1 aliphatic rings. The predicted molar refractivity (Wildman–Crippen MR) is 76.6 cm³/mol. The van der Waals surface area contributed by atoms with Gasteiger partial charge in [0.15, 0.2) is 0 Å². The van der Waals surface area contributed by atoms with Crippen LogP contribution in [0.2, 0.25) is 0 Å². The largest absolute Gasteiger partial charge is 0.497 e. The zero-order valence-electron chi connectivity index (χ0n) is 12.4. The third kappa shape index (κ3) is 3.85. The lowest BCUT2D eigenvalue weighted by atomic mass is 10.1. The molecule has 0 atom stereocenters. The van der Waals surface area contributed by atoms with E-state index in [0.29, 0.717) is 0 Å². The molecule has 0 aliphatic carbocycles. The monoisotopic (exact) mass is 282 g/mol. The van der Waals surface area contributed by atoms with Gasteiger partial charge >= 0.3 is 0 Å². The first-order valence-electron chi connectivity index (χ1n) is 7.25. The van der Waals surface area contributed by atoms with E-state index in [1.165, 1.54) is 10.5 Å². The number of aliphatic hydroxyl groups excluding tert-OH is 1. The molecule has 0 spiro atoms. The highest BCUT2D eigenvalue weighted by Crippen LogP contribution is 2.23. The third-order valence-corrected chi connectivity index (χ3v) is 4.06. The first kappa shape index (κ1) is 15.1. The summed E-state index contributed by atoms with van der Waals surface area (Å²) in [5, 5.41) is 8.98. The van der Waals surface area contributed by atoms with E-state index in [4.69, 9.17) is 14.6 Å². The van der Waals surface area contributed by atoms with E-state index in [-0.39, 0.29) is 6.61 Å². The number of nitrogens with one attached hydrogen (secondary N) is 2. The zero-order chi connectivity index (χ0) is 14.4. The summed E-state index contributed by atoms with van der Waals surface area (Å²) in [5.41, 5.74) is 1.23. The van der Waals surface area contributed by atoms with E-state index < -0.39 is 0 Å². The maximum atomic E-state index is 8.98. The Morgan fingerprint density at radius 3 is 2.35 bits per heavy atom. The maximum Gasteiger partial charge on any atom is 0.131 e. The van der Waals surface area contributed by atoms with Gasteiger partial charge in [0.25, 0.3) is 0 Å². The van der Waals surface area contributed by atoms with Gasteiger partial charge in [0.05, 0.1) is 20.8 Å². The number of quaternary nitrogens is 2.